The normalized spacial score (nSPS) is 19.0. The van der Waals surface area contributed by atoms with Crippen molar-refractivity contribution in [3.63, 3.8) is 0 Å². The molecular formula is C15H14N2O2S2. The first-order chi connectivity index (χ1) is 10.1. The number of nitrogens with one attached hydrogen (secondary N) is 1. The second-order valence-corrected chi connectivity index (χ2v) is 7.73. The lowest BCUT2D eigenvalue weighted by atomic mass is 10.1. The number of hydrogen-bond acceptors (Lipinski definition) is 4. The van der Waals surface area contributed by atoms with Gasteiger partial charge in [0.2, 0.25) is 0 Å². The Morgan fingerprint density at radius 2 is 1.57 bits per heavy atom. The minimum atomic E-state index is -3.64. The zero-order chi connectivity index (χ0) is 14.9. The molecule has 1 fully saturated rings. The summed E-state index contributed by atoms with van der Waals surface area (Å²) in [7, 11) is -3.64. The molecule has 2 aromatic rings. The zero-order valence-electron chi connectivity index (χ0n) is 11.1. The molecule has 1 atom stereocenters. The quantitative estimate of drug-likeness (QED) is 0.946. The molecule has 3 rings (SSSR count). The Balaban J connectivity index is 1.89. The first-order valence-electron chi connectivity index (χ1n) is 6.47. The highest BCUT2D eigenvalue weighted by Gasteiger charge is 2.37. The summed E-state index contributed by atoms with van der Waals surface area (Å²) in [6.07, 6.45) is 0. The number of amidine groups is 1. The van der Waals surface area contributed by atoms with Crippen LogP contribution in [0.1, 0.15) is 10.8 Å². The molecule has 0 amide bonds. The highest BCUT2D eigenvalue weighted by atomic mass is 32.2. The summed E-state index contributed by atoms with van der Waals surface area (Å²) in [6.45, 7) is 0.296. The largest absolute Gasteiger partial charge is 0.278 e. The fourth-order valence-corrected chi connectivity index (χ4v) is 5.05. The maximum Gasteiger partial charge on any atom is 0.265 e. The van der Waals surface area contributed by atoms with Crippen molar-refractivity contribution in [2.45, 2.75) is 10.1 Å². The average molecular weight is 318 g/mol. The molecule has 0 radical (unpaired) electrons. The van der Waals surface area contributed by atoms with E-state index >= 15 is 0 Å². The van der Waals surface area contributed by atoms with Gasteiger partial charge in [0.1, 0.15) is 0 Å². The number of sulfonamides is 1. The lowest BCUT2D eigenvalue weighted by molar-refractivity contribution is 0.528. The summed E-state index contributed by atoms with van der Waals surface area (Å²) in [5.74, 6) is 0. The van der Waals surface area contributed by atoms with E-state index in [1.54, 1.807) is 30.3 Å². The summed E-state index contributed by atoms with van der Waals surface area (Å²) in [4.78, 5) is 0.226. The van der Waals surface area contributed by atoms with Crippen LogP contribution in [0.2, 0.25) is 0 Å². The van der Waals surface area contributed by atoms with Gasteiger partial charge in [0.25, 0.3) is 10.0 Å². The topological polar surface area (TPSA) is 61.2 Å². The zero-order valence-corrected chi connectivity index (χ0v) is 12.8. The van der Waals surface area contributed by atoms with Crippen molar-refractivity contribution >= 4 is 27.0 Å². The Morgan fingerprint density at radius 1 is 1.00 bits per heavy atom. The second-order valence-electron chi connectivity index (χ2n) is 4.67. The maximum absolute atomic E-state index is 12.6. The molecular weight excluding hydrogens is 304 g/mol. The Morgan fingerprint density at radius 3 is 2.19 bits per heavy atom. The van der Waals surface area contributed by atoms with Gasteiger partial charge in [-0.25, -0.2) is 12.7 Å². The van der Waals surface area contributed by atoms with Crippen molar-refractivity contribution in [1.29, 1.82) is 5.41 Å². The summed E-state index contributed by atoms with van der Waals surface area (Å²) >= 11 is 1.28. The van der Waals surface area contributed by atoms with Gasteiger partial charge in [-0.3, -0.25) is 5.41 Å². The smallest absolute Gasteiger partial charge is 0.265 e. The maximum atomic E-state index is 12.6. The monoisotopic (exact) mass is 318 g/mol. The number of benzene rings is 2. The van der Waals surface area contributed by atoms with Crippen molar-refractivity contribution in [3.8, 4) is 0 Å². The van der Waals surface area contributed by atoms with E-state index in [1.165, 1.54) is 16.1 Å². The highest BCUT2D eigenvalue weighted by molar-refractivity contribution is 8.15. The third kappa shape index (κ3) is 2.69. The molecule has 1 unspecified atom stereocenters. The molecule has 21 heavy (non-hydrogen) atoms. The number of thioether (sulfide) groups is 1. The average Bonchev–Trinajstić information content (AvgIpc) is 2.92. The van der Waals surface area contributed by atoms with Gasteiger partial charge in [0.05, 0.1) is 16.7 Å². The second kappa shape index (κ2) is 5.54. The molecule has 4 nitrogen and oxygen atoms in total. The summed E-state index contributed by atoms with van der Waals surface area (Å²) in [5.41, 5.74) is 1.04. The van der Waals surface area contributed by atoms with Gasteiger partial charge >= 0.3 is 0 Å². The Kier molecular flexibility index (Phi) is 3.73. The van der Waals surface area contributed by atoms with Crippen LogP contribution in [-0.4, -0.2) is 24.4 Å². The van der Waals surface area contributed by atoms with E-state index in [1.807, 2.05) is 30.3 Å². The van der Waals surface area contributed by atoms with E-state index in [0.29, 0.717) is 6.54 Å². The van der Waals surface area contributed by atoms with Crippen LogP contribution < -0.4 is 0 Å². The highest BCUT2D eigenvalue weighted by Crippen LogP contribution is 2.39. The Hall–Kier alpha value is -1.79. The molecule has 0 bridgehead atoms. The molecule has 1 N–H and O–H groups in total. The summed E-state index contributed by atoms with van der Waals surface area (Å²) < 4.78 is 26.4. The van der Waals surface area contributed by atoms with Crippen molar-refractivity contribution in [2.24, 2.45) is 0 Å². The van der Waals surface area contributed by atoms with Crippen LogP contribution in [0.25, 0.3) is 0 Å². The fourth-order valence-electron chi connectivity index (χ4n) is 2.23. The minimum absolute atomic E-state index is 0.0304. The lowest BCUT2D eigenvalue weighted by Crippen LogP contribution is -2.31. The van der Waals surface area contributed by atoms with Crippen LogP contribution >= 0.6 is 11.8 Å². The molecule has 1 aliphatic heterocycles. The predicted octanol–water partition coefficient (Wildman–Crippen LogP) is 3.10. The minimum Gasteiger partial charge on any atom is -0.278 e. The fraction of sp³-hybridized carbons (Fsp3) is 0.133. The first kappa shape index (κ1) is 14.2. The van der Waals surface area contributed by atoms with Crippen LogP contribution in [0, 0.1) is 5.41 Å². The van der Waals surface area contributed by atoms with E-state index < -0.39 is 10.0 Å². The van der Waals surface area contributed by atoms with Crippen LogP contribution in [0.3, 0.4) is 0 Å². The molecule has 2 aromatic carbocycles. The van der Waals surface area contributed by atoms with Gasteiger partial charge in [-0.2, -0.15) is 0 Å². The lowest BCUT2D eigenvalue weighted by Gasteiger charge is -2.17. The van der Waals surface area contributed by atoms with E-state index in [-0.39, 0.29) is 15.3 Å². The number of hydrogen-bond donors (Lipinski definition) is 1. The molecule has 1 aliphatic rings. The van der Waals surface area contributed by atoms with E-state index in [0.717, 1.165) is 5.56 Å². The van der Waals surface area contributed by atoms with Gasteiger partial charge in [-0.1, -0.05) is 60.3 Å². The molecule has 0 aromatic heterocycles. The standard InChI is InChI=1S/C15H14N2O2S2/c16-15-17(21(18,19)13-9-5-2-6-10-13)11-14(20-15)12-7-3-1-4-8-12/h1-10,14,16H,11H2. The third-order valence-electron chi connectivity index (χ3n) is 3.31. The van der Waals surface area contributed by atoms with Crippen molar-refractivity contribution in [1.82, 2.24) is 4.31 Å². The van der Waals surface area contributed by atoms with Crippen LogP contribution in [0.4, 0.5) is 0 Å². The molecule has 1 heterocycles. The molecule has 1 saturated heterocycles. The molecule has 6 heteroatoms. The molecule has 108 valence electrons. The summed E-state index contributed by atoms with van der Waals surface area (Å²) in [5, 5.41) is 8.05. The molecule has 0 saturated carbocycles. The van der Waals surface area contributed by atoms with E-state index in [4.69, 9.17) is 5.41 Å². The first-order valence-corrected chi connectivity index (χ1v) is 8.79. The Bertz CT molecular complexity index is 746. The number of rotatable bonds is 3. The van der Waals surface area contributed by atoms with Crippen molar-refractivity contribution in [3.05, 3.63) is 66.2 Å². The Labute approximate surface area is 128 Å². The van der Waals surface area contributed by atoms with Crippen molar-refractivity contribution < 1.29 is 8.42 Å². The van der Waals surface area contributed by atoms with E-state index in [9.17, 15) is 8.42 Å². The van der Waals surface area contributed by atoms with Gasteiger partial charge in [-0.05, 0) is 17.7 Å². The van der Waals surface area contributed by atoms with Gasteiger partial charge < -0.3 is 0 Å². The van der Waals surface area contributed by atoms with Gasteiger partial charge in [0.15, 0.2) is 5.17 Å². The van der Waals surface area contributed by atoms with E-state index in [2.05, 4.69) is 0 Å². The van der Waals surface area contributed by atoms with Gasteiger partial charge in [-0.15, -0.1) is 0 Å². The van der Waals surface area contributed by atoms with Gasteiger partial charge in [0, 0.05) is 0 Å². The third-order valence-corrected chi connectivity index (χ3v) is 6.36. The van der Waals surface area contributed by atoms with Crippen LogP contribution in [0.5, 0.6) is 0 Å². The molecule has 0 aliphatic carbocycles. The van der Waals surface area contributed by atoms with Crippen molar-refractivity contribution in [2.75, 3.05) is 6.54 Å². The SMILES string of the molecule is N=C1SC(c2ccccc2)CN1S(=O)(=O)c1ccccc1. The van der Waals surface area contributed by atoms with Crippen LogP contribution in [-0.2, 0) is 10.0 Å². The molecule has 0 spiro atoms. The summed E-state index contributed by atoms with van der Waals surface area (Å²) in [6, 6.07) is 18.0. The number of nitrogens with zero attached hydrogens (tertiary/aromatic N) is 1. The predicted molar refractivity (Wildman–Crippen MR) is 84.8 cm³/mol. The van der Waals surface area contributed by atoms with Crippen LogP contribution in [0.15, 0.2) is 65.6 Å².